The van der Waals surface area contributed by atoms with E-state index >= 15 is 0 Å². The van der Waals surface area contributed by atoms with E-state index in [4.69, 9.17) is 9.84 Å². The molecule has 1 N–H and O–H groups in total. The van der Waals surface area contributed by atoms with Gasteiger partial charge in [0, 0.05) is 0 Å². The van der Waals surface area contributed by atoms with Gasteiger partial charge in [0.1, 0.15) is 6.61 Å². The lowest BCUT2D eigenvalue weighted by atomic mass is 9.60. The van der Waals surface area contributed by atoms with Gasteiger partial charge in [-0.3, -0.25) is 4.79 Å². The maximum Gasteiger partial charge on any atom is 0.312 e. The molecule has 16 heavy (non-hydrogen) atoms. The Hall–Kier alpha value is -0.570. The van der Waals surface area contributed by atoms with Crippen molar-refractivity contribution in [2.45, 2.75) is 48.0 Å². The summed E-state index contributed by atoms with van der Waals surface area (Å²) in [6.07, 6.45) is 0.933. The number of aliphatic hydroxyl groups is 1. The zero-order valence-corrected chi connectivity index (χ0v) is 11.5. The lowest BCUT2D eigenvalue weighted by Gasteiger charge is -2.43. The van der Waals surface area contributed by atoms with Crippen LogP contribution < -0.4 is 0 Å². The maximum absolute atomic E-state index is 12.1. The number of rotatable bonds is 5. The fraction of sp³-hybridized carbons (Fsp3) is 0.923. The first-order chi connectivity index (χ1) is 7.21. The van der Waals surface area contributed by atoms with Crippen LogP contribution in [0.3, 0.4) is 0 Å². The molecule has 2 unspecified atom stereocenters. The highest BCUT2D eigenvalue weighted by atomic mass is 16.5. The first kappa shape index (κ1) is 15.4. The molecule has 0 aliphatic heterocycles. The van der Waals surface area contributed by atoms with Crippen LogP contribution in [0, 0.1) is 16.7 Å². The fourth-order valence-corrected chi connectivity index (χ4v) is 1.94. The predicted octanol–water partition coefficient (Wildman–Crippen LogP) is 2.62. The van der Waals surface area contributed by atoms with Gasteiger partial charge in [0.25, 0.3) is 0 Å². The summed E-state index contributed by atoms with van der Waals surface area (Å²) in [7, 11) is 0. The first-order valence-electron chi connectivity index (χ1n) is 5.99. The second-order valence-corrected chi connectivity index (χ2v) is 5.62. The topological polar surface area (TPSA) is 46.5 Å². The smallest absolute Gasteiger partial charge is 0.312 e. The van der Waals surface area contributed by atoms with E-state index in [1.54, 1.807) is 0 Å². The van der Waals surface area contributed by atoms with Crippen LogP contribution in [-0.4, -0.2) is 24.3 Å². The lowest BCUT2D eigenvalue weighted by molar-refractivity contribution is -0.168. The number of hydrogen-bond donors (Lipinski definition) is 1. The van der Waals surface area contributed by atoms with E-state index < -0.39 is 5.41 Å². The van der Waals surface area contributed by atoms with Crippen molar-refractivity contribution in [1.82, 2.24) is 0 Å². The summed E-state index contributed by atoms with van der Waals surface area (Å²) in [5.74, 6) is 0.0436. The van der Waals surface area contributed by atoms with E-state index in [1.807, 2.05) is 6.92 Å². The quantitative estimate of drug-likeness (QED) is 0.738. The van der Waals surface area contributed by atoms with Gasteiger partial charge in [-0.1, -0.05) is 41.0 Å². The summed E-state index contributed by atoms with van der Waals surface area (Å²) in [5.41, 5.74) is -0.675. The molecule has 0 rings (SSSR count). The second-order valence-electron chi connectivity index (χ2n) is 5.62. The highest BCUT2D eigenvalue weighted by Crippen LogP contribution is 2.46. The molecule has 0 aromatic carbocycles. The molecule has 0 spiro atoms. The van der Waals surface area contributed by atoms with Gasteiger partial charge in [-0.15, -0.1) is 0 Å². The molecule has 2 atom stereocenters. The Morgan fingerprint density at radius 2 is 1.81 bits per heavy atom. The van der Waals surface area contributed by atoms with Crippen molar-refractivity contribution in [1.29, 1.82) is 0 Å². The van der Waals surface area contributed by atoms with E-state index in [0.29, 0.717) is 0 Å². The standard InChI is InChI=1S/C13H26O3/c1-7-10(2)13(6,12(3,4)5)11(15)16-9-8-14/h10,14H,7-9H2,1-6H3. The van der Waals surface area contributed by atoms with Crippen molar-refractivity contribution in [3.05, 3.63) is 0 Å². The van der Waals surface area contributed by atoms with E-state index in [9.17, 15) is 4.79 Å². The molecule has 0 saturated carbocycles. The van der Waals surface area contributed by atoms with Crippen LogP contribution >= 0.6 is 0 Å². The molecule has 0 aromatic heterocycles. The van der Waals surface area contributed by atoms with Crippen LogP contribution in [0.1, 0.15) is 48.0 Å². The fourth-order valence-electron chi connectivity index (χ4n) is 1.94. The largest absolute Gasteiger partial charge is 0.463 e. The molecule has 96 valence electrons. The van der Waals surface area contributed by atoms with E-state index in [2.05, 4.69) is 34.6 Å². The summed E-state index contributed by atoms with van der Waals surface area (Å²) in [4.78, 5) is 12.1. The second kappa shape index (κ2) is 5.67. The number of esters is 1. The molecule has 0 saturated heterocycles. The number of hydrogen-bond acceptors (Lipinski definition) is 3. The van der Waals surface area contributed by atoms with Crippen LogP contribution in [0.4, 0.5) is 0 Å². The van der Waals surface area contributed by atoms with Crippen molar-refractivity contribution in [3.63, 3.8) is 0 Å². The Kier molecular flexibility index (Phi) is 5.47. The Bertz CT molecular complexity index is 230. The maximum atomic E-state index is 12.1. The Labute approximate surface area is 99.2 Å². The number of aliphatic hydroxyl groups excluding tert-OH is 1. The van der Waals surface area contributed by atoms with Crippen molar-refractivity contribution in [3.8, 4) is 0 Å². The van der Waals surface area contributed by atoms with Crippen molar-refractivity contribution in [2.24, 2.45) is 16.7 Å². The monoisotopic (exact) mass is 230 g/mol. The summed E-state index contributed by atoms with van der Waals surface area (Å²) < 4.78 is 5.12. The van der Waals surface area contributed by atoms with Gasteiger partial charge in [0.15, 0.2) is 0 Å². The number of carbonyl (C=O) groups excluding carboxylic acids is 1. The van der Waals surface area contributed by atoms with E-state index in [-0.39, 0.29) is 30.5 Å². The molecular weight excluding hydrogens is 204 g/mol. The zero-order valence-electron chi connectivity index (χ0n) is 11.5. The van der Waals surface area contributed by atoms with Gasteiger partial charge in [0.2, 0.25) is 0 Å². The van der Waals surface area contributed by atoms with Crippen LogP contribution in [-0.2, 0) is 9.53 Å². The molecule has 0 aliphatic rings. The van der Waals surface area contributed by atoms with Crippen molar-refractivity contribution in [2.75, 3.05) is 13.2 Å². The van der Waals surface area contributed by atoms with Crippen LogP contribution in [0.25, 0.3) is 0 Å². The van der Waals surface area contributed by atoms with Crippen LogP contribution in [0.15, 0.2) is 0 Å². The third-order valence-electron chi connectivity index (χ3n) is 3.90. The average molecular weight is 230 g/mol. The average Bonchev–Trinajstić information content (AvgIpc) is 2.21. The van der Waals surface area contributed by atoms with Gasteiger partial charge in [-0.2, -0.15) is 0 Å². The summed E-state index contributed by atoms with van der Waals surface area (Å²) in [5, 5.41) is 8.70. The highest BCUT2D eigenvalue weighted by molar-refractivity contribution is 5.77. The van der Waals surface area contributed by atoms with Crippen LogP contribution in [0.5, 0.6) is 0 Å². The van der Waals surface area contributed by atoms with Gasteiger partial charge in [-0.25, -0.2) is 0 Å². The molecule has 0 fully saturated rings. The van der Waals surface area contributed by atoms with E-state index in [1.165, 1.54) is 0 Å². The van der Waals surface area contributed by atoms with Crippen molar-refractivity contribution < 1.29 is 14.6 Å². The summed E-state index contributed by atoms with van der Waals surface area (Å²) >= 11 is 0. The molecule has 0 aromatic rings. The molecule has 0 aliphatic carbocycles. The van der Waals surface area contributed by atoms with E-state index in [0.717, 1.165) is 6.42 Å². The highest BCUT2D eigenvalue weighted by Gasteiger charge is 2.48. The Morgan fingerprint density at radius 1 is 1.31 bits per heavy atom. The number of ether oxygens (including phenoxy) is 1. The van der Waals surface area contributed by atoms with Crippen molar-refractivity contribution >= 4 is 5.97 Å². The van der Waals surface area contributed by atoms with Gasteiger partial charge >= 0.3 is 5.97 Å². The normalized spacial score (nSPS) is 17.7. The van der Waals surface area contributed by atoms with Crippen LogP contribution in [0.2, 0.25) is 0 Å². The third-order valence-corrected chi connectivity index (χ3v) is 3.90. The predicted molar refractivity (Wildman–Crippen MR) is 65.1 cm³/mol. The Morgan fingerprint density at radius 3 is 2.12 bits per heavy atom. The zero-order chi connectivity index (χ0) is 13.0. The molecule has 3 nitrogen and oxygen atoms in total. The Balaban J connectivity index is 5.01. The molecule has 0 bridgehead atoms. The minimum Gasteiger partial charge on any atom is -0.463 e. The van der Waals surface area contributed by atoms with Gasteiger partial charge < -0.3 is 9.84 Å². The van der Waals surface area contributed by atoms with Gasteiger partial charge in [0.05, 0.1) is 12.0 Å². The minimum absolute atomic E-state index is 0.0843. The summed E-state index contributed by atoms with van der Waals surface area (Å²) in [6, 6.07) is 0. The third kappa shape index (κ3) is 2.97. The number of carbonyl (C=O) groups is 1. The molecule has 0 radical (unpaired) electrons. The summed E-state index contributed by atoms with van der Waals surface area (Å²) in [6.45, 7) is 12.2. The first-order valence-corrected chi connectivity index (χ1v) is 5.99. The molecule has 3 heteroatoms. The molecule has 0 amide bonds. The SMILES string of the molecule is CCC(C)C(C)(C(=O)OCCO)C(C)(C)C. The minimum atomic E-state index is -0.517. The molecule has 0 heterocycles. The molecular formula is C13H26O3. The lowest BCUT2D eigenvalue weighted by Crippen LogP contribution is -2.46. The van der Waals surface area contributed by atoms with Gasteiger partial charge in [-0.05, 0) is 18.3 Å².